The Morgan fingerprint density at radius 2 is 1.74 bits per heavy atom. The monoisotopic (exact) mass is 268 g/mol. The average Bonchev–Trinajstić information content (AvgIpc) is 2.38. The summed E-state index contributed by atoms with van der Waals surface area (Å²) in [6.07, 6.45) is 4.25. The third-order valence-corrected chi connectivity index (χ3v) is 5.30. The first-order valence-corrected chi connectivity index (χ1v) is 7.94. The lowest BCUT2D eigenvalue weighted by Gasteiger charge is -2.36. The van der Waals surface area contributed by atoms with E-state index >= 15 is 0 Å². The molecule has 112 valence electrons. The van der Waals surface area contributed by atoms with Gasteiger partial charge in [-0.1, -0.05) is 13.3 Å². The molecule has 2 N–H and O–H groups in total. The molecule has 19 heavy (non-hydrogen) atoms. The van der Waals surface area contributed by atoms with E-state index in [0.717, 1.165) is 19.0 Å². The average molecular weight is 268 g/mol. The molecule has 0 aromatic heterocycles. The van der Waals surface area contributed by atoms with Crippen molar-refractivity contribution in [3.8, 4) is 0 Å². The molecule has 3 nitrogen and oxygen atoms in total. The Morgan fingerprint density at radius 3 is 2.11 bits per heavy atom. The fourth-order valence-electron chi connectivity index (χ4n) is 3.72. The van der Waals surface area contributed by atoms with Gasteiger partial charge in [0.1, 0.15) is 0 Å². The molecule has 0 aromatic rings. The molecule has 0 radical (unpaired) electrons. The molecular formula is C16H32N2O. The molecular weight excluding hydrogens is 236 g/mol. The van der Waals surface area contributed by atoms with Crippen molar-refractivity contribution in [2.24, 2.45) is 17.6 Å². The second-order valence-electron chi connectivity index (χ2n) is 7.59. The van der Waals surface area contributed by atoms with Crippen LogP contribution in [0.5, 0.6) is 0 Å². The Labute approximate surface area is 118 Å². The van der Waals surface area contributed by atoms with Gasteiger partial charge in [0.15, 0.2) is 0 Å². The third-order valence-electron chi connectivity index (χ3n) is 5.30. The summed E-state index contributed by atoms with van der Waals surface area (Å²) in [5.74, 6) is 1.34. The SMILES string of the molecule is CCN(CC1CCC1)CC1C(N)C(C)(C)OC1(C)C. The van der Waals surface area contributed by atoms with Crippen molar-refractivity contribution in [1.82, 2.24) is 4.90 Å². The Hall–Kier alpha value is -0.120. The molecule has 1 saturated carbocycles. The van der Waals surface area contributed by atoms with E-state index in [-0.39, 0.29) is 17.2 Å². The highest BCUT2D eigenvalue weighted by Crippen LogP contribution is 2.41. The maximum absolute atomic E-state index is 6.46. The molecule has 2 rings (SSSR count). The Kier molecular flexibility index (Phi) is 4.29. The van der Waals surface area contributed by atoms with E-state index < -0.39 is 0 Å². The Bertz CT molecular complexity index is 310. The highest BCUT2D eigenvalue weighted by molar-refractivity contribution is 5.04. The van der Waals surface area contributed by atoms with E-state index in [2.05, 4.69) is 39.5 Å². The first-order valence-electron chi connectivity index (χ1n) is 7.94. The summed E-state index contributed by atoms with van der Waals surface area (Å²) in [6.45, 7) is 14.4. The van der Waals surface area contributed by atoms with E-state index in [9.17, 15) is 0 Å². The van der Waals surface area contributed by atoms with Crippen LogP contribution in [0.25, 0.3) is 0 Å². The van der Waals surface area contributed by atoms with Gasteiger partial charge in [-0.05, 0) is 53.0 Å². The van der Waals surface area contributed by atoms with Crippen LogP contribution in [0.3, 0.4) is 0 Å². The van der Waals surface area contributed by atoms with Gasteiger partial charge >= 0.3 is 0 Å². The van der Waals surface area contributed by atoms with Crippen LogP contribution in [0.15, 0.2) is 0 Å². The summed E-state index contributed by atoms with van der Waals surface area (Å²) >= 11 is 0. The molecule has 0 amide bonds. The van der Waals surface area contributed by atoms with E-state index in [4.69, 9.17) is 10.5 Å². The van der Waals surface area contributed by atoms with Gasteiger partial charge in [0.2, 0.25) is 0 Å². The van der Waals surface area contributed by atoms with Crippen molar-refractivity contribution in [2.45, 2.75) is 71.1 Å². The van der Waals surface area contributed by atoms with Gasteiger partial charge in [-0.25, -0.2) is 0 Å². The van der Waals surface area contributed by atoms with E-state index in [0.29, 0.717) is 5.92 Å². The van der Waals surface area contributed by atoms with Crippen molar-refractivity contribution in [3.05, 3.63) is 0 Å². The van der Waals surface area contributed by atoms with E-state index in [1.165, 1.54) is 25.8 Å². The summed E-state index contributed by atoms with van der Waals surface area (Å²) in [7, 11) is 0. The molecule has 2 fully saturated rings. The van der Waals surface area contributed by atoms with Crippen LogP contribution in [-0.2, 0) is 4.74 Å². The number of hydrogen-bond acceptors (Lipinski definition) is 3. The molecule has 1 saturated heterocycles. The largest absolute Gasteiger partial charge is 0.368 e. The zero-order valence-electron chi connectivity index (χ0n) is 13.4. The molecule has 1 aliphatic heterocycles. The second kappa shape index (κ2) is 5.34. The van der Waals surface area contributed by atoms with Gasteiger partial charge in [-0.3, -0.25) is 0 Å². The van der Waals surface area contributed by atoms with Gasteiger partial charge in [0.25, 0.3) is 0 Å². The van der Waals surface area contributed by atoms with Crippen molar-refractivity contribution >= 4 is 0 Å². The maximum atomic E-state index is 6.46. The lowest BCUT2D eigenvalue weighted by molar-refractivity contribution is -0.0787. The minimum absolute atomic E-state index is 0.115. The van der Waals surface area contributed by atoms with Crippen molar-refractivity contribution in [2.75, 3.05) is 19.6 Å². The zero-order chi connectivity index (χ0) is 14.3. The first-order chi connectivity index (χ1) is 8.76. The lowest BCUT2D eigenvalue weighted by atomic mass is 9.81. The zero-order valence-corrected chi connectivity index (χ0v) is 13.4. The van der Waals surface area contributed by atoms with Crippen LogP contribution in [-0.4, -0.2) is 41.8 Å². The third kappa shape index (κ3) is 3.14. The topological polar surface area (TPSA) is 38.5 Å². The molecule has 1 heterocycles. The van der Waals surface area contributed by atoms with E-state index in [1.807, 2.05) is 0 Å². The molecule has 0 spiro atoms. The minimum Gasteiger partial charge on any atom is -0.368 e. The Balaban J connectivity index is 1.98. The molecule has 2 atom stereocenters. The smallest absolute Gasteiger partial charge is 0.0788 e. The van der Waals surface area contributed by atoms with Gasteiger partial charge < -0.3 is 15.4 Å². The lowest BCUT2D eigenvalue weighted by Crippen LogP contribution is -2.49. The van der Waals surface area contributed by atoms with Gasteiger partial charge in [-0.2, -0.15) is 0 Å². The van der Waals surface area contributed by atoms with Crippen molar-refractivity contribution < 1.29 is 4.74 Å². The number of hydrogen-bond donors (Lipinski definition) is 1. The predicted molar refractivity (Wildman–Crippen MR) is 80.2 cm³/mol. The Morgan fingerprint density at radius 1 is 1.11 bits per heavy atom. The second-order valence-corrected chi connectivity index (χ2v) is 7.59. The molecule has 2 unspecified atom stereocenters. The fourth-order valence-corrected chi connectivity index (χ4v) is 3.72. The number of ether oxygens (including phenoxy) is 1. The summed E-state index contributed by atoms with van der Waals surface area (Å²) in [5, 5.41) is 0. The standard InChI is InChI=1S/C16H32N2O/c1-6-18(10-12-8-7-9-12)11-13-14(17)16(4,5)19-15(13,2)3/h12-14H,6-11,17H2,1-5H3. The van der Waals surface area contributed by atoms with Crippen LogP contribution in [0.4, 0.5) is 0 Å². The molecule has 0 aromatic carbocycles. The quantitative estimate of drug-likeness (QED) is 0.833. The van der Waals surface area contributed by atoms with E-state index in [1.54, 1.807) is 0 Å². The summed E-state index contributed by atoms with van der Waals surface area (Å²) in [4.78, 5) is 2.58. The molecule has 1 aliphatic carbocycles. The van der Waals surface area contributed by atoms with Crippen LogP contribution in [0.1, 0.15) is 53.9 Å². The van der Waals surface area contributed by atoms with Crippen LogP contribution >= 0.6 is 0 Å². The fraction of sp³-hybridized carbons (Fsp3) is 1.00. The highest BCUT2D eigenvalue weighted by atomic mass is 16.5. The summed E-state index contributed by atoms with van der Waals surface area (Å²) in [6, 6.07) is 0.123. The molecule has 0 bridgehead atoms. The maximum Gasteiger partial charge on any atom is 0.0788 e. The first kappa shape index (κ1) is 15.3. The molecule has 2 aliphatic rings. The minimum atomic E-state index is -0.204. The van der Waals surface area contributed by atoms with Crippen LogP contribution in [0, 0.1) is 11.8 Å². The van der Waals surface area contributed by atoms with Crippen LogP contribution < -0.4 is 5.73 Å². The van der Waals surface area contributed by atoms with Crippen LogP contribution in [0.2, 0.25) is 0 Å². The van der Waals surface area contributed by atoms with Gasteiger partial charge in [-0.15, -0.1) is 0 Å². The highest BCUT2D eigenvalue weighted by Gasteiger charge is 2.52. The van der Waals surface area contributed by atoms with Gasteiger partial charge in [0.05, 0.1) is 11.2 Å². The summed E-state index contributed by atoms with van der Waals surface area (Å²) < 4.78 is 6.20. The predicted octanol–water partition coefficient (Wildman–Crippen LogP) is 2.64. The van der Waals surface area contributed by atoms with Gasteiger partial charge in [0, 0.05) is 25.0 Å². The summed E-state index contributed by atoms with van der Waals surface area (Å²) in [5.41, 5.74) is 6.14. The van der Waals surface area contributed by atoms with Crippen molar-refractivity contribution in [3.63, 3.8) is 0 Å². The number of nitrogens with zero attached hydrogens (tertiary/aromatic N) is 1. The number of nitrogens with two attached hydrogens (primary N) is 1. The number of rotatable bonds is 5. The molecule has 3 heteroatoms. The normalized spacial score (nSPS) is 33.6. The van der Waals surface area contributed by atoms with Crippen molar-refractivity contribution in [1.29, 1.82) is 0 Å².